The maximum Gasteiger partial charge on any atom is 0.200 e. The van der Waals surface area contributed by atoms with Crippen molar-refractivity contribution in [2.75, 3.05) is 61.7 Å². The minimum absolute atomic E-state index is 0.158. The van der Waals surface area contributed by atoms with Crippen molar-refractivity contribution in [3.8, 4) is 11.5 Å². The summed E-state index contributed by atoms with van der Waals surface area (Å²) in [5.74, 6) is -0.442. The molecule has 2 aromatic rings. The molecule has 0 radical (unpaired) electrons. The van der Waals surface area contributed by atoms with Crippen molar-refractivity contribution >= 4 is 46.1 Å². The Morgan fingerprint density at radius 3 is 1.50 bits per heavy atom. The van der Waals surface area contributed by atoms with Gasteiger partial charge >= 0.3 is 0 Å². The fourth-order valence-electron chi connectivity index (χ4n) is 6.39. The normalized spacial score (nSPS) is 21.6. The number of carbonyl (C=O) groups is 2. The molecule has 0 spiro atoms. The fraction of sp³-hybridized carbons (Fsp3) is 0.533. The number of halogens is 2. The maximum absolute atomic E-state index is 13.8. The van der Waals surface area contributed by atoms with Gasteiger partial charge in [0.05, 0.1) is 22.3 Å². The van der Waals surface area contributed by atoms with Gasteiger partial charge in [-0.1, -0.05) is 12.8 Å². The number of hydrogen-bond donors (Lipinski definition) is 4. The van der Waals surface area contributed by atoms with Crippen molar-refractivity contribution in [2.24, 2.45) is 0 Å². The zero-order valence-corrected chi connectivity index (χ0v) is 24.2. The molecule has 1 aliphatic carbocycles. The van der Waals surface area contributed by atoms with Crippen molar-refractivity contribution in [2.45, 2.75) is 50.6 Å². The Morgan fingerprint density at radius 1 is 0.675 bits per heavy atom. The molecule has 2 heterocycles. The van der Waals surface area contributed by atoms with Crippen LogP contribution < -0.4 is 10.6 Å². The highest BCUT2D eigenvalue weighted by molar-refractivity contribution is 6.33. The van der Waals surface area contributed by atoms with Crippen LogP contribution in [0.15, 0.2) is 24.3 Å². The molecule has 0 bridgehead atoms. The highest BCUT2D eigenvalue weighted by atomic mass is 35.5. The van der Waals surface area contributed by atoms with Gasteiger partial charge in [0.2, 0.25) is 11.6 Å². The van der Waals surface area contributed by atoms with Gasteiger partial charge in [0.25, 0.3) is 0 Å². The number of aromatic hydroxyl groups is 2. The van der Waals surface area contributed by atoms with Gasteiger partial charge in [-0.05, 0) is 63.0 Å². The number of phenolic OH excluding ortho intramolecular Hbond substituents is 2. The second-order valence-electron chi connectivity index (χ2n) is 11.0. The smallest absolute Gasteiger partial charge is 0.200 e. The Kier molecular flexibility index (Phi) is 9.41. The van der Waals surface area contributed by atoms with Gasteiger partial charge in [-0.2, -0.15) is 0 Å². The third-order valence-electron chi connectivity index (χ3n) is 8.56. The minimum Gasteiger partial charge on any atom is -0.507 e. The average molecular weight is 590 g/mol. The monoisotopic (exact) mass is 588 g/mol. The van der Waals surface area contributed by atoms with Crippen LogP contribution in [0.2, 0.25) is 0 Å². The van der Waals surface area contributed by atoms with E-state index in [4.69, 9.17) is 23.2 Å². The van der Waals surface area contributed by atoms with E-state index in [9.17, 15) is 19.8 Å². The summed E-state index contributed by atoms with van der Waals surface area (Å²) < 4.78 is 0. The standard InChI is InChI=1S/C30H38Cl2N4O4/c31-17-19-5-1-3-13-35(19)15-11-33-21-7-8-22(34-12-16-36-14-4-2-6-20(36)18-32)26-25(21)29(39)27-23(37)9-10-24(38)28(27)30(26)40/h7-10,19-20,33-34,37-38H,1-6,11-18H2. The van der Waals surface area contributed by atoms with E-state index in [0.29, 0.717) is 48.3 Å². The summed E-state index contributed by atoms with van der Waals surface area (Å²) in [7, 11) is 0. The van der Waals surface area contributed by atoms with Crippen LogP contribution in [0.5, 0.6) is 11.5 Å². The lowest BCUT2D eigenvalue weighted by Crippen LogP contribution is -2.43. The quantitative estimate of drug-likeness (QED) is 0.196. The van der Waals surface area contributed by atoms with Crippen LogP contribution in [0.1, 0.15) is 70.4 Å². The summed E-state index contributed by atoms with van der Waals surface area (Å²) in [5, 5.41) is 27.8. The summed E-state index contributed by atoms with van der Waals surface area (Å²) in [6.07, 6.45) is 6.79. The van der Waals surface area contributed by atoms with Crippen molar-refractivity contribution in [3.63, 3.8) is 0 Å². The van der Waals surface area contributed by atoms with Crippen LogP contribution in [0.25, 0.3) is 0 Å². The molecule has 3 aliphatic rings. The first kappa shape index (κ1) is 29.0. The number of alkyl halides is 2. The molecule has 0 saturated carbocycles. The Labute approximate surface area is 245 Å². The molecule has 2 saturated heterocycles. The molecule has 40 heavy (non-hydrogen) atoms. The van der Waals surface area contributed by atoms with Crippen molar-refractivity contribution < 1.29 is 19.8 Å². The summed E-state index contributed by atoms with van der Waals surface area (Å²) in [5.41, 5.74) is 1.18. The van der Waals surface area contributed by atoms with E-state index in [2.05, 4.69) is 20.4 Å². The number of fused-ring (bicyclic) bond motifs is 2. The largest absolute Gasteiger partial charge is 0.507 e. The zero-order chi connectivity index (χ0) is 28.2. The first-order valence-electron chi connectivity index (χ1n) is 14.3. The molecule has 0 amide bonds. The Bertz CT molecular complexity index is 1160. The van der Waals surface area contributed by atoms with Gasteiger partial charge in [-0.25, -0.2) is 0 Å². The maximum atomic E-state index is 13.8. The number of carbonyl (C=O) groups excluding carboxylic acids is 2. The van der Waals surface area contributed by atoms with Gasteiger partial charge in [-0.15, -0.1) is 23.2 Å². The molecule has 4 N–H and O–H groups in total. The van der Waals surface area contributed by atoms with Crippen LogP contribution in [0, 0.1) is 0 Å². The van der Waals surface area contributed by atoms with Gasteiger partial charge in [0.15, 0.2) is 0 Å². The van der Waals surface area contributed by atoms with Gasteiger partial charge in [0.1, 0.15) is 11.5 Å². The van der Waals surface area contributed by atoms with Gasteiger partial charge < -0.3 is 20.8 Å². The molecular formula is C30H38Cl2N4O4. The number of piperidine rings is 2. The number of phenols is 2. The highest BCUT2D eigenvalue weighted by Gasteiger charge is 2.38. The molecule has 2 atom stereocenters. The van der Waals surface area contributed by atoms with Crippen molar-refractivity contribution in [1.29, 1.82) is 0 Å². The van der Waals surface area contributed by atoms with Gasteiger partial charge in [-0.3, -0.25) is 19.4 Å². The zero-order valence-electron chi connectivity index (χ0n) is 22.7. The molecule has 2 aromatic carbocycles. The molecule has 2 fully saturated rings. The van der Waals surface area contributed by atoms with Crippen LogP contribution in [-0.4, -0.2) is 94.7 Å². The number of rotatable bonds is 10. The first-order chi connectivity index (χ1) is 19.4. The first-order valence-corrected chi connectivity index (χ1v) is 15.4. The molecule has 0 aromatic heterocycles. The average Bonchev–Trinajstić information content (AvgIpc) is 2.97. The predicted octanol–water partition coefficient (Wildman–Crippen LogP) is 4.88. The van der Waals surface area contributed by atoms with Crippen LogP contribution in [0.3, 0.4) is 0 Å². The lowest BCUT2D eigenvalue weighted by molar-refractivity contribution is 0.0975. The molecule has 2 aliphatic heterocycles. The van der Waals surface area contributed by atoms with E-state index in [0.717, 1.165) is 51.9 Å². The Balaban J connectivity index is 1.41. The number of likely N-dealkylation sites (tertiary alicyclic amines) is 2. The van der Waals surface area contributed by atoms with Crippen LogP contribution in [0.4, 0.5) is 11.4 Å². The number of nitrogens with zero attached hydrogens (tertiary/aromatic N) is 2. The SMILES string of the molecule is O=C1c2c(O)ccc(O)c2C(=O)c2c(NCCN3CCCCC3CCl)ccc(NCCN3CCCCC3CCl)c21. The number of ketones is 2. The molecule has 10 heteroatoms. The molecule has 216 valence electrons. The summed E-state index contributed by atoms with van der Waals surface area (Å²) >= 11 is 12.4. The summed E-state index contributed by atoms with van der Waals surface area (Å²) in [4.78, 5) is 32.4. The van der Waals surface area contributed by atoms with E-state index in [1.54, 1.807) is 0 Å². The minimum atomic E-state index is -0.487. The molecule has 2 unspecified atom stereocenters. The predicted molar refractivity (Wildman–Crippen MR) is 160 cm³/mol. The van der Waals surface area contributed by atoms with Crippen LogP contribution >= 0.6 is 23.2 Å². The number of nitrogens with one attached hydrogen (secondary N) is 2. The molecular weight excluding hydrogens is 551 g/mol. The van der Waals surface area contributed by atoms with Crippen molar-refractivity contribution in [1.82, 2.24) is 9.80 Å². The van der Waals surface area contributed by atoms with E-state index in [-0.39, 0.29) is 33.8 Å². The van der Waals surface area contributed by atoms with Crippen molar-refractivity contribution in [3.05, 3.63) is 46.5 Å². The summed E-state index contributed by atoms with van der Waals surface area (Å²) in [6, 6.07) is 6.79. The van der Waals surface area contributed by atoms with E-state index >= 15 is 0 Å². The summed E-state index contributed by atoms with van der Waals surface area (Å²) in [6.45, 7) is 4.63. The second-order valence-corrected chi connectivity index (χ2v) is 11.6. The third kappa shape index (κ3) is 5.77. The third-order valence-corrected chi connectivity index (χ3v) is 9.27. The number of hydrogen-bond acceptors (Lipinski definition) is 8. The number of anilines is 2. The Hall–Kier alpha value is -2.52. The lowest BCUT2D eigenvalue weighted by Gasteiger charge is -2.35. The Morgan fingerprint density at radius 2 is 1.10 bits per heavy atom. The number of benzene rings is 2. The topological polar surface area (TPSA) is 105 Å². The van der Waals surface area contributed by atoms with Crippen LogP contribution in [-0.2, 0) is 0 Å². The van der Waals surface area contributed by atoms with E-state index < -0.39 is 11.6 Å². The highest BCUT2D eigenvalue weighted by Crippen LogP contribution is 2.42. The molecule has 8 nitrogen and oxygen atoms in total. The molecule has 5 rings (SSSR count). The van der Waals surface area contributed by atoms with E-state index in [1.165, 1.54) is 25.0 Å². The fourth-order valence-corrected chi connectivity index (χ4v) is 7.08. The van der Waals surface area contributed by atoms with Gasteiger partial charge in [0, 0.05) is 61.4 Å². The second kappa shape index (κ2) is 13.0. The van der Waals surface area contributed by atoms with E-state index in [1.807, 2.05) is 12.1 Å². The lowest BCUT2D eigenvalue weighted by atomic mass is 9.81.